The largest absolute Gasteiger partial charge is 0.460 e. The molecule has 0 unspecified atom stereocenters. The Balaban J connectivity index is 1.31. The number of benzene rings is 2. The van der Waals surface area contributed by atoms with Gasteiger partial charge in [-0.25, -0.2) is 13.2 Å². The highest BCUT2D eigenvalue weighted by molar-refractivity contribution is 8.01. The van der Waals surface area contributed by atoms with Crippen molar-refractivity contribution in [2.75, 3.05) is 5.75 Å². The van der Waals surface area contributed by atoms with Crippen LogP contribution >= 0.6 is 11.8 Å². The minimum Gasteiger partial charge on any atom is -0.460 e. The molecule has 38 heavy (non-hydrogen) atoms. The summed E-state index contributed by atoms with van der Waals surface area (Å²) in [6.45, 7) is 3.32. The van der Waals surface area contributed by atoms with Crippen molar-refractivity contribution < 1.29 is 37.2 Å². The number of nitrogens with zero attached hydrogens (tertiary/aromatic N) is 2. The van der Waals surface area contributed by atoms with E-state index in [0.717, 1.165) is 5.56 Å². The summed E-state index contributed by atoms with van der Waals surface area (Å²) >= 11 is 1.27. The third kappa shape index (κ3) is 5.97. The fourth-order valence-corrected chi connectivity index (χ4v) is 7.02. The Kier molecular flexibility index (Phi) is 7.76. The van der Waals surface area contributed by atoms with Crippen LogP contribution in [0, 0.1) is 10.1 Å². The number of non-ortho nitro benzene ring substituents is 1. The summed E-state index contributed by atoms with van der Waals surface area (Å²) in [6.07, 6.45) is 0. The number of nitro benzene ring substituents is 1. The number of carbonyl (C=O) groups excluding carboxylic acids is 3. The molecule has 0 spiro atoms. The maximum absolute atomic E-state index is 12.9. The van der Waals surface area contributed by atoms with E-state index in [1.165, 1.54) is 40.9 Å². The van der Waals surface area contributed by atoms with E-state index in [4.69, 9.17) is 9.47 Å². The molecule has 0 radical (unpaired) electrons. The number of rotatable bonds is 10. The molecule has 1 amide bonds. The van der Waals surface area contributed by atoms with Gasteiger partial charge >= 0.3 is 11.9 Å². The summed E-state index contributed by atoms with van der Waals surface area (Å²) in [7, 11) is -4.25. The van der Waals surface area contributed by atoms with Crippen LogP contribution in [0.5, 0.6) is 0 Å². The van der Waals surface area contributed by atoms with Gasteiger partial charge in [-0.05, 0) is 37.1 Å². The zero-order chi connectivity index (χ0) is 27.7. The highest BCUT2D eigenvalue weighted by Gasteiger charge is 2.64. The average molecular weight is 564 g/mol. The quantitative estimate of drug-likeness (QED) is 0.195. The Morgan fingerprint density at radius 3 is 2.29 bits per heavy atom. The molecule has 2 aromatic carbocycles. The van der Waals surface area contributed by atoms with E-state index in [2.05, 4.69) is 4.72 Å². The number of β-lactam (4-membered cyclic amide) rings is 1. The average Bonchev–Trinajstić information content (AvgIpc) is 3.13. The van der Waals surface area contributed by atoms with Gasteiger partial charge in [0.25, 0.3) is 5.69 Å². The number of carbonyl (C=O) groups is 3. The Bertz CT molecular complexity index is 1350. The van der Waals surface area contributed by atoms with Crippen LogP contribution in [0.2, 0.25) is 0 Å². The van der Waals surface area contributed by atoms with Gasteiger partial charge in [0, 0.05) is 16.9 Å². The standard InChI is InChI=1S/C24H25N3O9S2/c1-24(2)20(23(30)36-13-15-6-4-3-5-7-15)26-21(29)19(22(26)37-24)25-38(33,34)14-18(28)35-12-16-8-10-17(11-9-16)27(31)32/h3-11,19-20,22,25H,12-14H2,1-2H3/t19-,20+,22-/m1/s1. The molecule has 2 heterocycles. The van der Waals surface area contributed by atoms with Crippen LogP contribution in [-0.4, -0.2) is 64.0 Å². The summed E-state index contributed by atoms with van der Waals surface area (Å²) in [5, 5.41) is 10.1. The van der Waals surface area contributed by atoms with Crippen LogP contribution in [0.1, 0.15) is 25.0 Å². The molecule has 4 rings (SSSR count). The number of nitro groups is 1. The fraction of sp³-hybridized carbons (Fsp3) is 0.375. The van der Waals surface area contributed by atoms with Crippen LogP contribution in [-0.2, 0) is 47.1 Å². The van der Waals surface area contributed by atoms with Gasteiger partial charge in [-0.15, -0.1) is 11.8 Å². The fourth-order valence-electron chi connectivity index (χ4n) is 4.22. The molecule has 0 aromatic heterocycles. The van der Waals surface area contributed by atoms with Crippen LogP contribution in [0.25, 0.3) is 0 Å². The summed E-state index contributed by atoms with van der Waals surface area (Å²) in [5.41, 5.74) is 1.10. The zero-order valence-corrected chi connectivity index (χ0v) is 22.1. The lowest BCUT2D eigenvalue weighted by Crippen LogP contribution is -2.70. The van der Waals surface area contributed by atoms with E-state index in [0.29, 0.717) is 5.56 Å². The molecule has 2 aliphatic rings. The van der Waals surface area contributed by atoms with Gasteiger partial charge in [0.1, 0.15) is 30.7 Å². The van der Waals surface area contributed by atoms with E-state index in [1.54, 1.807) is 26.0 Å². The monoisotopic (exact) mass is 563 g/mol. The highest BCUT2D eigenvalue weighted by atomic mass is 32.2. The summed E-state index contributed by atoms with van der Waals surface area (Å²) in [5.74, 6) is -3.25. The van der Waals surface area contributed by atoms with Crippen molar-refractivity contribution in [2.24, 2.45) is 0 Å². The van der Waals surface area contributed by atoms with Crippen molar-refractivity contribution in [3.63, 3.8) is 0 Å². The number of ether oxygens (including phenoxy) is 2. The van der Waals surface area contributed by atoms with E-state index in [-0.39, 0.29) is 18.9 Å². The summed E-state index contributed by atoms with van der Waals surface area (Å²) in [4.78, 5) is 49.3. The van der Waals surface area contributed by atoms with Crippen LogP contribution in [0.3, 0.4) is 0 Å². The minimum absolute atomic E-state index is 0.0433. The summed E-state index contributed by atoms with van der Waals surface area (Å²) in [6, 6.07) is 12.3. The van der Waals surface area contributed by atoms with Crippen molar-refractivity contribution in [3.8, 4) is 0 Å². The number of fused-ring (bicyclic) bond motifs is 1. The topological polar surface area (TPSA) is 162 Å². The molecule has 202 valence electrons. The molecule has 12 nitrogen and oxygen atoms in total. The molecular formula is C24H25N3O9S2. The molecule has 1 N–H and O–H groups in total. The highest BCUT2D eigenvalue weighted by Crippen LogP contribution is 2.51. The van der Waals surface area contributed by atoms with Crippen molar-refractivity contribution in [3.05, 3.63) is 75.8 Å². The van der Waals surface area contributed by atoms with Gasteiger partial charge in [-0.2, -0.15) is 4.72 Å². The molecule has 3 atom stereocenters. The van der Waals surface area contributed by atoms with Gasteiger partial charge in [0.2, 0.25) is 15.9 Å². The first-order chi connectivity index (χ1) is 17.9. The van der Waals surface area contributed by atoms with Gasteiger partial charge in [-0.1, -0.05) is 30.3 Å². The number of hydrogen-bond acceptors (Lipinski definition) is 10. The number of esters is 2. The van der Waals surface area contributed by atoms with Crippen molar-refractivity contribution >= 4 is 45.3 Å². The predicted molar refractivity (Wildman–Crippen MR) is 136 cm³/mol. The van der Waals surface area contributed by atoms with Crippen LogP contribution in [0.4, 0.5) is 5.69 Å². The number of nitrogens with one attached hydrogen (secondary N) is 1. The van der Waals surface area contributed by atoms with Crippen molar-refractivity contribution in [1.82, 2.24) is 9.62 Å². The SMILES string of the molecule is CC1(C)S[C@@H]2[C@H](NS(=O)(=O)CC(=O)OCc3ccc([N+](=O)[O-])cc3)C(=O)N2[C@H]1C(=O)OCc1ccccc1. The Hall–Kier alpha value is -3.49. The van der Waals surface area contributed by atoms with Crippen LogP contribution in [0.15, 0.2) is 54.6 Å². The number of amides is 1. The van der Waals surface area contributed by atoms with Crippen molar-refractivity contribution in [2.45, 2.75) is 49.3 Å². The lowest BCUT2D eigenvalue weighted by atomic mass is 9.96. The second-order valence-electron chi connectivity index (χ2n) is 9.29. The second-order valence-corrected chi connectivity index (χ2v) is 12.8. The van der Waals surface area contributed by atoms with Gasteiger partial charge in [0.15, 0.2) is 5.75 Å². The van der Waals surface area contributed by atoms with Gasteiger partial charge in [-0.3, -0.25) is 19.7 Å². The number of thioether (sulfide) groups is 1. The Morgan fingerprint density at radius 1 is 1.05 bits per heavy atom. The molecule has 2 saturated heterocycles. The first kappa shape index (κ1) is 27.5. The van der Waals surface area contributed by atoms with E-state index in [1.807, 2.05) is 18.2 Å². The predicted octanol–water partition coefficient (Wildman–Crippen LogP) is 1.73. The zero-order valence-electron chi connectivity index (χ0n) is 20.4. The van der Waals surface area contributed by atoms with E-state index < -0.39 is 60.7 Å². The molecule has 0 bridgehead atoms. The number of hydrogen-bond donors (Lipinski definition) is 1. The summed E-state index contributed by atoms with van der Waals surface area (Å²) < 4.78 is 37.1. The lowest BCUT2D eigenvalue weighted by Gasteiger charge is -2.43. The smallest absolute Gasteiger partial charge is 0.330 e. The minimum atomic E-state index is -4.25. The Labute approximate surface area is 222 Å². The second kappa shape index (κ2) is 10.7. The van der Waals surface area contributed by atoms with Crippen molar-refractivity contribution in [1.29, 1.82) is 0 Å². The van der Waals surface area contributed by atoms with E-state index >= 15 is 0 Å². The Morgan fingerprint density at radius 2 is 1.66 bits per heavy atom. The van der Waals surface area contributed by atoms with Gasteiger partial charge < -0.3 is 14.4 Å². The molecule has 0 saturated carbocycles. The third-order valence-electron chi connectivity index (χ3n) is 6.05. The lowest BCUT2D eigenvalue weighted by molar-refractivity contribution is -0.384. The molecule has 2 aromatic rings. The maximum Gasteiger partial charge on any atom is 0.330 e. The first-order valence-electron chi connectivity index (χ1n) is 11.5. The molecule has 14 heteroatoms. The third-order valence-corrected chi connectivity index (χ3v) is 8.85. The van der Waals surface area contributed by atoms with E-state index in [9.17, 15) is 32.9 Å². The van der Waals surface area contributed by atoms with Crippen LogP contribution < -0.4 is 4.72 Å². The molecule has 2 fully saturated rings. The normalized spacial score (nSPS) is 21.8. The maximum atomic E-state index is 12.9. The molecule has 2 aliphatic heterocycles. The molecule has 0 aliphatic carbocycles. The number of sulfonamides is 1. The first-order valence-corrected chi connectivity index (χ1v) is 14.0. The molecular weight excluding hydrogens is 538 g/mol. The van der Waals surface area contributed by atoms with Gasteiger partial charge in [0.05, 0.1) is 4.92 Å².